The summed E-state index contributed by atoms with van der Waals surface area (Å²) in [6.45, 7) is 2.72. The summed E-state index contributed by atoms with van der Waals surface area (Å²) in [5, 5.41) is 7.39. The molecule has 0 aliphatic rings. The van der Waals surface area contributed by atoms with E-state index in [1.807, 2.05) is 6.92 Å². The zero-order valence-electron chi connectivity index (χ0n) is 11.2. The Kier molecular flexibility index (Phi) is 4.84. The normalized spacial score (nSPS) is 13.4. The van der Waals surface area contributed by atoms with Crippen LogP contribution in [0.15, 0.2) is 30.9 Å². The number of hydrogen-bond acceptors (Lipinski definition) is 3. The molecule has 8 heteroatoms. The minimum Gasteiger partial charge on any atom is -0.308 e. The van der Waals surface area contributed by atoms with Crippen molar-refractivity contribution in [2.24, 2.45) is 0 Å². The zero-order valence-corrected chi connectivity index (χ0v) is 12.0. The molecule has 0 unspecified atom stereocenters. The highest BCUT2D eigenvalue weighted by Crippen LogP contribution is 2.31. The third-order valence-corrected chi connectivity index (χ3v) is 3.31. The quantitative estimate of drug-likeness (QED) is 0.921. The summed E-state index contributed by atoms with van der Waals surface area (Å²) in [6, 6.07) is 3.32. The van der Waals surface area contributed by atoms with Crippen molar-refractivity contribution in [2.75, 3.05) is 0 Å². The lowest BCUT2D eigenvalue weighted by Gasteiger charge is -2.15. The number of benzene rings is 1. The number of hydrogen-bond donors (Lipinski definition) is 1. The Morgan fingerprint density at radius 1 is 1.38 bits per heavy atom. The first-order chi connectivity index (χ1) is 9.86. The number of nitrogens with zero attached hydrogens (tertiary/aromatic N) is 3. The van der Waals surface area contributed by atoms with Crippen molar-refractivity contribution >= 4 is 11.6 Å². The molecule has 114 valence electrons. The maximum absolute atomic E-state index is 12.7. The van der Waals surface area contributed by atoms with Crippen LogP contribution >= 0.6 is 11.6 Å². The lowest BCUT2D eigenvalue weighted by Crippen LogP contribution is -2.30. The topological polar surface area (TPSA) is 42.7 Å². The van der Waals surface area contributed by atoms with Crippen LogP contribution in [0.1, 0.15) is 18.1 Å². The van der Waals surface area contributed by atoms with Gasteiger partial charge < -0.3 is 5.32 Å². The molecular weight excluding hydrogens is 305 g/mol. The number of nitrogens with one attached hydrogen (secondary N) is 1. The van der Waals surface area contributed by atoms with E-state index in [4.69, 9.17) is 11.6 Å². The highest BCUT2D eigenvalue weighted by Gasteiger charge is 2.30. The monoisotopic (exact) mass is 318 g/mol. The molecule has 1 heterocycles. The van der Waals surface area contributed by atoms with Crippen molar-refractivity contribution in [2.45, 2.75) is 32.2 Å². The molecule has 0 saturated carbocycles. The fourth-order valence-electron chi connectivity index (χ4n) is 1.84. The molecule has 0 amide bonds. The van der Waals surface area contributed by atoms with Crippen LogP contribution in [0.4, 0.5) is 13.2 Å². The lowest BCUT2D eigenvalue weighted by molar-refractivity contribution is -0.137. The molecule has 0 fully saturated rings. The molecule has 0 bridgehead atoms. The number of halogens is 4. The van der Waals surface area contributed by atoms with E-state index in [9.17, 15) is 13.2 Å². The van der Waals surface area contributed by atoms with E-state index in [1.165, 1.54) is 12.4 Å². The molecule has 0 spiro atoms. The van der Waals surface area contributed by atoms with Crippen LogP contribution < -0.4 is 5.32 Å². The number of aromatic nitrogens is 3. The van der Waals surface area contributed by atoms with Gasteiger partial charge in [0.05, 0.1) is 12.1 Å². The maximum atomic E-state index is 12.7. The Morgan fingerprint density at radius 2 is 2.14 bits per heavy atom. The zero-order chi connectivity index (χ0) is 15.5. The van der Waals surface area contributed by atoms with Crippen molar-refractivity contribution in [3.05, 3.63) is 47.0 Å². The summed E-state index contributed by atoms with van der Waals surface area (Å²) in [5.74, 6) is 0. The number of alkyl halides is 3. The summed E-state index contributed by atoms with van der Waals surface area (Å²) in [7, 11) is 0. The van der Waals surface area contributed by atoms with E-state index >= 15 is 0 Å². The summed E-state index contributed by atoms with van der Waals surface area (Å²) in [4.78, 5) is 3.82. The first-order valence-electron chi connectivity index (χ1n) is 6.27. The van der Waals surface area contributed by atoms with E-state index in [1.54, 1.807) is 11.0 Å². The van der Waals surface area contributed by atoms with Crippen molar-refractivity contribution in [1.29, 1.82) is 0 Å². The van der Waals surface area contributed by atoms with Gasteiger partial charge in [-0.1, -0.05) is 11.6 Å². The molecule has 4 nitrogen and oxygen atoms in total. The van der Waals surface area contributed by atoms with E-state index in [0.29, 0.717) is 17.1 Å². The van der Waals surface area contributed by atoms with Crippen molar-refractivity contribution in [1.82, 2.24) is 20.1 Å². The van der Waals surface area contributed by atoms with Crippen LogP contribution in [-0.4, -0.2) is 20.8 Å². The molecule has 1 aromatic carbocycles. The molecule has 0 saturated heterocycles. The van der Waals surface area contributed by atoms with Crippen LogP contribution in [-0.2, 0) is 19.3 Å². The fourth-order valence-corrected chi connectivity index (χ4v) is 2.03. The highest BCUT2D eigenvalue weighted by molar-refractivity contribution is 6.31. The second-order valence-electron chi connectivity index (χ2n) is 4.70. The van der Waals surface area contributed by atoms with Gasteiger partial charge in [0, 0.05) is 17.6 Å². The minimum atomic E-state index is -4.37. The molecule has 0 aliphatic carbocycles. The largest absolute Gasteiger partial charge is 0.416 e. The SMILES string of the molecule is C[C@@H](Cn1cncn1)NCc1cc(C(F)(F)F)ccc1Cl. The predicted octanol–water partition coefficient (Wildman–Crippen LogP) is 3.13. The fraction of sp³-hybridized carbons (Fsp3) is 0.385. The van der Waals surface area contributed by atoms with Gasteiger partial charge in [0.2, 0.25) is 0 Å². The smallest absolute Gasteiger partial charge is 0.308 e. The minimum absolute atomic E-state index is 0.0114. The maximum Gasteiger partial charge on any atom is 0.416 e. The van der Waals surface area contributed by atoms with E-state index in [2.05, 4.69) is 15.4 Å². The third-order valence-electron chi connectivity index (χ3n) is 2.94. The summed E-state index contributed by atoms with van der Waals surface area (Å²) >= 11 is 5.94. The van der Waals surface area contributed by atoms with Crippen LogP contribution in [0.2, 0.25) is 5.02 Å². The van der Waals surface area contributed by atoms with Crippen LogP contribution in [0, 0.1) is 0 Å². The Hall–Kier alpha value is -1.60. The van der Waals surface area contributed by atoms with Gasteiger partial charge in [-0.25, -0.2) is 4.98 Å². The molecular formula is C13H14ClF3N4. The third kappa shape index (κ3) is 4.44. The van der Waals surface area contributed by atoms with Crippen LogP contribution in [0.3, 0.4) is 0 Å². The van der Waals surface area contributed by atoms with Crippen molar-refractivity contribution < 1.29 is 13.2 Å². The van der Waals surface area contributed by atoms with Crippen LogP contribution in [0.5, 0.6) is 0 Å². The van der Waals surface area contributed by atoms with Gasteiger partial charge in [-0.2, -0.15) is 18.3 Å². The molecule has 2 rings (SSSR count). The Morgan fingerprint density at radius 3 is 2.76 bits per heavy atom. The van der Waals surface area contributed by atoms with Crippen LogP contribution in [0.25, 0.3) is 0 Å². The molecule has 0 aliphatic heterocycles. The average Bonchev–Trinajstić information content (AvgIpc) is 2.89. The van der Waals surface area contributed by atoms with Gasteiger partial charge in [0.1, 0.15) is 12.7 Å². The van der Waals surface area contributed by atoms with Gasteiger partial charge in [0.15, 0.2) is 0 Å². The molecule has 1 aromatic heterocycles. The van der Waals surface area contributed by atoms with E-state index in [0.717, 1.165) is 12.1 Å². The summed E-state index contributed by atoms with van der Waals surface area (Å²) in [5.41, 5.74) is -0.287. The Balaban J connectivity index is 1.99. The predicted molar refractivity (Wildman–Crippen MR) is 72.8 cm³/mol. The van der Waals surface area contributed by atoms with Gasteiger partial charge >= 0.3 is 6.18 Å². The van der Waals surface area contributed by atoms with Gasteiger partial charge in [-0.15, -0.1) is 0 Å². The molecule has 2 aromatic rings. The second-order valence-corrected chi connectivity index (χ2v) is 5.11. The van der Waals surface area contributed by atoms with Gasteiger partial charge in [0.25, 0.3) is 0 Å². The van der Waals surface area contributed by atoms with Crippen molar-refractivity contribution in [3.8, 4) is 0 Å². The summed E-state index contributed by atoms with van der Waals surface area (Å²) < 4.78 is 39.6. The standard InChI is InChI=1S/C13H14ClF3N4/c1-9(6-21-8-18-7-20-21)19-5-10-4-11(13(15,16)17)2-3-12(10)14/h2-4,7-9,19H,5-6H2,1H3/t9-/m0/s1. The highest BCUT2D eigenvalue weighted by atomic mass is 35.5. The number of rotatable bonds is 5. The van der Waals surface area contributed by atoms with E-state index < -0.39 is 11.7 Å². The Bertz CT molecular complexity index is 584. The van der Waals surface area contributed by atoms with E-state index in [-0.39, 0.29) is 12.6 Å². The molecule has 1 atom stereocenters. The first-order valence-corrected chi connectivity index (χ1v) is 6.65. The molecule has 1 N–H and O–H groups in total. The summed E-state index contributed by atoms with van der Waals surface area (Å²) in [6.07, 6.45) is -1.36. The average molecular weight is 319 g/mol. The van der Waals surface area contributed by atoms with Crippen molar-refractivity contribution in [3.63, 3.8) is 0 Å². The Labute approximate surface area is 124 Å². The first kappa shape index (κ1) is 15.8. The molecule has 0 radical (unpaired) electrons. The van der Waals surface area contributed by atoms with Gasteiger partial charge in [-0.05, 0) is 30.7 Å². The molecule has 21 heavy (non-hydrogen) atoms. The van der Waals surface area contributed by atoms with Gasteiger partial charge in [-0.3, -0.25) is 4.68 Å². The second kappa shape index (κ2) is 6.44. The lowest BCUT2D eigenvalue weighted by atomic mass is 10.1.